The van der Waals surface area contributed by atoms with Gasteiger partial charge in [-0.05, 0) is 29.8 Å². The van der Waals surface area contributed by atoms with E-state index in [1.807, 2.05) is 54.7 Å². The molecule has 4 aromatic rings. The molecule has 156 valence electrons. The number of methoxy groups -OCH3 is 1. The first kappa shape index (κ1) is 19.3. The summed E-state index contributed by atoms with van der Waals surface area (Å²) in [6.07, 6.45) is 1.83. The molecule has 1 saturated heterocycles. The van der Waals surface area contributed by atoms with Crippen LogP contribution in [-0.2, 0) is 4.74 Å². The topological polar surface area (TPSA) is 87.1 Å². The number of morpholine rings is 1. The molecule has 3 heterocycles. The number of pyridine rings is 1. The minimum Gasteiger partial charge on any atom is -0.496 e. The number of H-pyrrole nitrogens is 1. The van der Waals surface area contributed by atoms with Gasteiger partial charge in [0.05, 0.1) is 26.0 Å². The van der Waals surface area contributed by atoms with Crippen LogP contribution in [0.4, 0.5) is 0 Å². The van der Waals surface area contributed by atoms with Crippen molar-refractivity contribution in [3.8, 4) is 28.1 Å². The van der Waals surface area contributed by atoms with E-state index in [9.17, 15) is 0 Å². The molecule has 2 aromatic heterocycles. The number of hydrogen-bond donors (Lipinski definition) is 2. The number of nitrogens with zero attached hydrogens (tertiary/aromatic N) is 3. The molecule has 0 aliphatic carbocycles. The fourth-order valence-corrected chi connectivity index (χ4v) is 3.93. The smallest absolute Gasteiger partial charge is 0.181 e. The molecule has 1 fully saturated rings. The molecular formula is C24H23N5O2. The summed E-state index contributed by atoms with van der Waals surface area (Å²) in [7, 11) is 1.66. The van der Waals surface area contributed by atoms with Gasteiger partial charge in [0.2, 0.25) is 0 Å². The highest BCUT2D eigenvalue weighted by Gasteiger charge is 2.17. The number of ether oxygens (including phenoxy) is 2. The number of amidine groups is 1. The van der Waals surface area contributed by atoms with Crippen LogP contribution in [0.25, 0.3) is 33.4 Å². The Morgan fingerprint density at radius 1 is 1.06 bits per heavy atom. The number of aromatic nitrogens is 3. The van der Waals surface area contributed by atoms with Crippen LogP contribution in [0.2, 0.25) is 0 Å². The summed E-state index contributed by atoms with van der Waals surface area (Å²) in [6.45, 7) is 2.81. The maximum absolute atomic E-state index is 8.61. The van der Waals surface area contributed by atoms with Crippen molar-refractivity contribution in [3.05, 3.63) is 66.4 Å². The summed E-state index contributed by atoms with van der Waals surface area (Å²) in [5.41, 5.74) is 5.34. The molecule has 0 saturated carbocycles. The summed E-state index contributed by atoms with van der Waals surface area (Å²) in [5, 5.41) is 17.0. The minimum atomic E-state index is 0.525. The minimum absolute atomic E-state index is 0.525. The van der Waals surface area contributed by atoms with Gasteiger partial charge in [-0.3, -0.25) is 10.5 Å². The molecule has 1 aliphatic rings. The number of rotatable bonds is 4. The van der Waals surface area contributed by atoms with Gasteiger partial charge in [0.15, 0.2) is 5.65 Å². The maximum Gasteiger partial charge on any atom is 0.181 e. The first-order valence-corrected chi connectivity index (χ1v) is 10.2. The Bertz CT molecular complexity index is 1240. The van der Waals surface area contributed by atoms with Gasteiger partial charge in [0.1, 0.15) is 11.6 Å². The monoisotopic (exact) mass is 413 g/mol. The second-order valence-corrected chi connectivity index (χ2v) is 7.42. The lowest BCUT2D eigenvalue weighted by Gasteiger charge is -2.29. The van der Waals surface area contributed by atoms with Gasteiger partial charge in [-0.25, -0.2) is 4.98 Å². The lowest BCUT2D eigenvalue weighted by molar-refractivity contribution is 0.0680. The Labute approximate surface area is 180 Å². The molecule has 7 nitrogen and oxygen atoms in total. The Hall–Kier alpha value is -3.71. The van der Waals surface area contributed by atoms with Crippen molar-refractivity contribution in [3.63, 3.8) is 0 Å². The van der Waals surface area contributed by atoms with E-state index >= 15 is 0 Å². The first-order valence-electron chi connectivity index (χ1n) is 10.2. The van der Waals surface area contributed by atoms with Crippen LogP contribution in [0.15, 0.2) is 60.8 Å². The largest absolute Gasteiger partial charge is 0.496 e. The van der Waals surface area contributed by atoms with Crippen LogP contribution in [0.1, 0.15) is 5.56 Å². The number of nitrogens with one attached hydrogen (secondary N) is 2. The summed E-state index contributed by atoms with van der Waals surface area (Å²) >= 11 is 0. The molecule has 1 aliphatic heterocycles. The maximum atomic E-state index is 8.61. The molecule has 2 aromatic carbocycles. The fourth-order valence-electron chi connectivity index (χ4n) is 3.93. The zero-order chi connectivity index (χ0) is 21.2. The van der Waals surface area contributed by atoms with Crippen molar-refractivity contribution in [2.24, 2.45) is 0 Å². The zero-order valence-electron chi connectivity index (χ0n) is 17.3. The summed E-state index contributed by atoms with van der Waals surface area (Å²) < 4.78 is 10.9. The molecule has 0 spiro atoms. The Kier molecular flexibility index (Phi) is 5.09. The molecule has 0 amide bonds. The second kappa shape index (κ2) is 8.20. The average Bonchev–Trinajstić information content (AvgIpc) is 3.27. The van der Waals surface area contributed by atoms with Crippen LogP contribution >= 0.6 is 0 Å². The van der Waals surface area contributed by atoms with Gasteiger partial charge in [-0.15, -0.1) is 0 Å². The predicted octanol–water partition coefficient (Wildman–Crippen LogP) is 3.96. The highest BCUT2D eigenvalue weighted by molar-refractivity contribution is 5.98. The van der Waals surface area contributed by atoms with E-state index in [-0.39, 0.29) is 0 Å². The molecule has 0 atom stereocenters. The van der Waals surface area contributed by atoms with E-state index in [1.165, 1.54) is 0 Å². The zero-order valence-corrected chi connectivity index (χ0v) is 17.3. The second-order valence-electron chi connectivity index (χ2n) is 7.42. The van der Waals surface area contributed by atoms with Crippen LogP contribution in [0, 0.1) is 5.41 Å². The highest BCUT2D eigenvalue weighted by atomic mass is 16.5. The van der Waals surface area contributed by atoms with Crippen LogP contribution in [0.5, 0.6) is 5.75 Å². The number of aromatic amines is 1. The van der Waals surface area contributed by atoms with Gasteiger partial charge >= 0.3 is 0 Å². The fraction of sp³-hybridized carbons (Fsp3) is 0.208. The van der Waals surface area contributed by atoms with Gasteiger partial charge in [-0.2, -0.15) is 5.10 Å². The summed E-state index contributed by atoms with van der Waals surface area (Å²) in [4.78, 5) is 6.62. The van der Waals surface area contributed by atoms with E-state index < -0.39 is 0 Å². The van der Waals surface area contributed by atoms with Crippen molar-refractivity contribution in [1.29, 1.82) is 5.41 Å². The SMILES string of the molecule is COc1ccccc1-c1[nH]nc2ncc(-c3cccc(C(=N)N4CCOCC4)c3)cc12. The van der Waals surface area contributed by atoms with Gasteiger partial charge in [-0.1, -0.05) is 30.3 Å². The van der Waals surface area contributed by atoms with E-state index in [2.05, 4.69) is 26.1 Å². The van der Waals surface area contributed by atoms with Crippen molar-refractivity contribution in [1.82, 2.24) is 20.1 Å². The third-order valence-corrected chi connectivity index (χ3v) is 5.58. The van der Waals surface area contributed by atoms with Crippen LogP contribution < -0.4 is 4.74 Å². The number of fused-ring (bicyclic) bond motifs is 1. The van der Waals surface area contributed by atoms with Gasteiger partial charge in [0, 0.05) is 41.4 Å². The van der Waals surface area contributed by atoms with Gasteiger partial charge in [0.25, 0.3) is 0 Å². The predicted molar refractivity (Wildman–Crippen MR) is 121 cm³/mol. The molecule has 31 heavy (non-hydrogen) atoms. The van der Waals surface area contributed by atoms with E-state index in [0.29, 0.717) is 24.7 Å². The summed E-state index contributed by atoms with van der Waals surface area (Å²) in [5.74, 6) is 1.30. The molecule has 7 heteroatoms. The Morgan fingerprint density at radius 3 is 2.74 bits per heavy atom. The molecule has 0 radical (unpaired) electrons. The normalized spacial score (nSPS) is 14.0. The molecular weight excluding hydrogens is 390 g/mol. The number of benzene rings is 2. The lowest BCUT2D eigenvalue weighted by Crippen LogP contribution is -2.40. The van der Waals surface area contributed by atoms with Crippen LogP contribution in [0.3, 0.4) is 0 Å². The Balaban J connectivity index is 1.53. The average molecular weight is 413 g/mol. The van der Waals surface area contributed by atoms with Crippen molar-refractivity contribution < 1.29 is 9.47 Å². The molecule has 2 N–H and O–H groups in total. The number of para-hydroxylation sites is 1. The molecule has 5 rings (SSSR count). The first-order chi connectivity index (χ1) is 15.2. The lowest BCUT2D eigenvalue weighted by atomic mass is 10.0. The standard InChI is InChI=1S/C24H23N5O2/c1-30-21-8-3-2-7-19(21)22-20-14-18(15-26-24(20)28-27-22)16-5-4-6-17(13-16)23(25)29-9-11-31-12-10-29/h2-8,13-15,25H,9-12H2,1H3,(H,26,27,28). The number of hydrogen-bond acceptors (Lipinski definition) is 5. The van der Waals surface area contributed by atoms with Crippen LogP contribution in [-0.4, -0.2) is 59.3 Å². The molecule has 0 bridgehead atoms. The molecule has 0 unspecified atom stereocenters. The van der Waals surface area contributed by atoms with E-state index in [4.69, 9.17) is 14.9 Å². The van der Waals surface area contributed by atoms with Gasteiger partial charge < -0.3 is 14.4 Å². The van der Waals surface area contributed by atoms with Crippen molar-refractivity contribution in [2.75, 3.05) is 33.4 Å². The highest BCUT2D eigenvalue weighted by Crippen LogP contribution is 2.34. The Morgan fingerprint density at radius 2 is 1.90 bits per heavy atom. The third-order valence-electron chi connectivity index (χ3n) is 5.58. The van der Waals surface area contributed by atoms with Crippen molar-refractivity contribution >= 4 is 16.9 Å². The summed E-state index contributed by atoms with van der Waals surface area (Å²) in [6, 6.07) is 18.0. The van der Waals surface area contributed by atoms with E-state index in [1.54, 1.807) is 7.11 Å². The van der Waals surface area contributed by atoms with Crippen molar-refractivity contribution in [2.45, 2.75) is 0 Å². The third kappa shape index (κ3) is 3.64. The quantitative estimate of drug-likeness (QED) is 0.391. The van der Waals surface area contributed by atoms with E-state index in [0.717, 1.165) is 52.2 Å².